The predicted octanol–water partition coefficient (Wildman–Crippen LogP) is 2.90. The third-order valence-electron chi connectivity index (χ3n) is 3.78. The maximum Gasteiger partial charge on any atom is 0.265 e. The van der Waals surface area contributed by atoms with Gasteiger partial charge in [0.2, 0.25) is 0 Å². The van der Waals surface area contributed by atoms with Crippen molar-refractivity contribution in [2.24, 2.45) is 0 Å². The second-order valence-corrected chi connectivity index (χ2v) is 6.47. The van der Waals surface area contributed by atoms with E-state index in [1.54, 1.807) is 30.3 Å². The van der Waals surface area contributed by atoms with Gasteiger partial charge in [0.05, 0.1) is 4.88 Å². The van der Waals surface area contributed by atoms with Crippen LogP contribution in [-0.4, -0.2) is 30.9 Å². The average Bonchev–Trinajstić information content (AvgIpc) is 3.11. The number of anilines is 1. The fraction of sp³-hybridized carbons (Fsp3) is 0.294. The molecule has 2 heterocycles. The molecule has 7 heteroatoms. The molecule has 1 aromatic carbocycles. The Morgan fingerprint density at radius 3 is 2.54 bits per heavy atom. The molecule has 0 spiro atoms. The van der Waals surface area contributed by atoms with E-state index < -0.39 is 0 Å². The summed E-state index contributed by atoms with van der Waals surface area (Å²) in [5, 5.41) is 11.0. The summed E-state index contributed by atoms with van der Waals surface area (Å²) in [6.45, 7) is 1.84. The van der Waals surface area contributed by atoms with Crippen molar-refractivity contribution in [3.63, 3.8) is 0 Å². The number of amides is 2. The van der Waals surface area contributed by atoms with Crippen LogP contribution in [0.4, 0.5) is 5.69 Å². The first-order valence-corrected chi connectivity index (χ1v) is 8.57. The first kappa shape index (κ1) is 18.4. The highest BCUT2D eigenvalue weighted by Gasteiger charge is 2.16. The summed E-state index contributed by atoms with van der Waals surface area (Å²) in [5.74, 6) is -0.208. The number of benzene rings is 1. The van der Waals surface area contributed by atoms with Gasteiger partial charge in [0.25, 0.3) is 11.8 Å². The number of halogens is 1. The Morgan fingerprint density at radius 2 is 1.92 bits per heavy atom. The molecular formula is C17H20ClN3O2S. The highest BCUT2D eigenvalue weighted by molar-refractivity contribution is 7.12. The first-order chi connectivity index (χ1) is 11.2. The van der Waals surface area contributed by atoms with Crippen LogP contribution in [0.5, 0.6) is 0 Å². The van der Waals surface area contributed by atoms with Crippen molar-refractivity contribution >= 4 is 41.2 Å². The summed E-state index contributed by atoms with van der Waals surface area (Å²) < 4.78 is 0. The van der Waals surface area contributed by atoms with Crippen LogP contribution in [-0.2, 0) is 0 Å². The lowest BCUT2D eigenvalue weighted by Crippen LogP contribution is -2.45. The Bertz CT molecular complexity index is 668. The zero-order valence-electron chi connectivity index (χ0n) is 13.1. The normalized spacial score (nSPS) is 16.8. The number of nitrogens with one attached hydrogen (secondary N) is 3. The van der Waals surface area contributed by atoms with Gasteiger partial charge in [0, 0.05) is 23.8 Å². The van der Waals surface area contributed by atoms with Crippen molar-refractivity contribution in [1.29, 1.82) is 0 Å². The summed E-state index contributed by atoms with van der Waals surface area (Å²) in [6.07, 6.45) is 2.09. The van der Waals surface area contributed by atoms with Crippen LogP contribution in [0.2, 0.25) is 0 Å². The molecule has 0 bridgehead atoms. The number of hydrogen-bond acceptors (Lipinski definition) is 4. The fourth-order valence-corrected chi connectivity index (χ4v) is 3.17. The largest absolute Gasteiger partial charge is 0.348 e. The van der Waals surface area contributed by atoms with Gasteiger partial charge in [-0.3, -0.25) is 9.59 Å². The van der Waals surface area contributed by atoms with Crippen molar-refractivity contribution in [1.82, 2.24) is 10.6 Å². The molecule has 24 heavy (non-hydrogen) atoms. The predicted molar refractivity (Wildman–Crippen MR) is 99.3 cm³/mol. The van der Waals surface area contributed by atoms with Crippen LogP contribution in [0, 0.1) is 0 Å². The Balaban J connectivity index is 0.00000208. The van der Waals surface area contributed by atoms with Gasteiger partial charge in [-0.05, 0) is 55.1 Å². The van der Waals surface area contributed by atoms with Crippen LogP contribution >= 0.6 is 23.7 Å². The standard InChI is InChI=1S/C17H19N3O2S.ClH/c21-16(20-14-3-1-9-18-11-14)12-5-7-13(8-6-12)19-17(22)15-4-2-10-23-15;/h2,4-8,10,14,18H,1,3,9,11H2,(H,19,22)(H,20,21);1H/t14-;/m0./s1. The summed E-state index contributed by atoms with van der Waals surface area (Å²) in [6, 6.07) is 10.8. The van der Waals surface area contributed by atoms with E-state index in [2.05, 4.69) is 16.0 Å². The number of thiophene rings is 1. The number of carbonyl (C=O) groups excluding carboxylic acids is 2. The average molecular weight is 366 g/mol. The summed E-state index contributed by atoms with van der Waals surface area (Å²) >= 11 is 1.40. The number of carbonyl (C=O) groups is 2. The van der Waals surface area contributed by atoms with Gasteiger partial charge in [-0.25, -0.2) is 0 Å². The lowest BCUT2D eigenvalue weighted by molar-refractivity contribution is 0.0930. The van der Waals surface area contributed by atoms with Gasteiger partial charge in [-0.2, -0.15) is 0 Å². The molecule has 0 aliphatic carbocycles. The molecular weight excluding hydrogens is 346 g/mol. The minimum absolute atomic E-state index is 0. The lowest BCUT2D eigenvalue weighted by atomic mass is 10.1. The molecule has 1 fully saturated rings. The van der Waals surface area contributed by atoms with Crippen LogP contribution in [0.25, 0.3) is 0 Å². The molecule has 0 saturated carbocycles. The van der Waals surface area contributed by atoms with E-state index in [-0.39, 0.29) is 30.3 Å². The SMILES string of the molecule is Cl.O=C(N[C@H]1CCCNC1)c1ccc(NC(=O)c2cccs2)cc1. The molecule has 2 aromatic rings. The summed E-state index contributed by atoms with van der Waals surface area (Å²) in [4.78, 5) is 24.8. The maximum absolute atomic E-state index is 12.2. The maximum atomic E-state index is 12.2. The van der Waals surface area contributed by atoms with Gasteiger partial charge in [-0.15, -0.1) is 23.7 Å². The van der Waals surface area contributed by atoms with Gasteiger partial charge in [0.15, 0.2) is 0 Å². The molecule has 5 nitrogen and oxygen atoms in total. The third-order valence-corrected chi connectivity index (χ3v) is 4.65. The molecule has 3 rings (SSSR count). The second kappa shape index (κ2) is 8.82. The van der Waals surface area contributed by atoms with Crippen molar-refractivity contribution in [2.45, 2.75) is 18.9 Å². The van der Waals surface area contributed by atoms with E-state index in [1.807, 2.05) is 11.4 Å². The molecule has 1 aromatic heterocycles. The zero-order chi connectivity index (χ0) is 16.1. The van der Waals surface area contributed by atoms with Crippen molar-refractivity contribution in [3.8, 4) is 0 Å². The Hall–Kier alpha value is -1.89. The Morgan fingerprint density at radius 1 is 1.12 bits per heavy atom. The van der Waals surface area contributed by atoms with E-state index in [4.69, 9.17) is 0 Å². The second-order valence-electron chi connectivity index (χ2n) is 5.53. The summed E-state index contributed by atoms with van der Waals surface area (Å²) in [5.41, 5.74) is 1.28. The minimum atomic E-state index is -0.134. The van der Waals surface area contributed by atoms with Gasteiger partial charge >= 0.3 is 0 Å². The van der Waals surface area contributed by atoms with Gasteiger partial charge < -0.3 is 16.0 Å². The van der Waals surface area contributed by atoms with E-state index >= 15 is 0 Å². The van der Waals surface area contributed by atoms with Gasteiger partial charge in [0.1, 0.15) is 0 Å². The molecule has 128 valence electrons. The van der Waals surface area contributed by atoms with E-state index in [0.29, 0.717) is 16.1 Å². The Labute approximate surface area is 151 Å². The van der Waals surface area contributed by atoms with E-state index in [9.17, 15) is 9.59 Å². The number of piperidine rings is 1. The summed E-state index contributed by atoms with van der Waals surface area (Å²) in [7, 11) is 0. The molecule has 1 atom stereocenters. The van der Waals surface area contributed by atoms with Crippen molar-refractivity contribution < 1.29 is 9.59 Å². The smallest absolute Gasteiger partial charge is 0.265 e. The fourth-order valence-electron chi connectivity index (χ4n) is 2.55. The minimum Gasteiger partial charge on any atom is -0.348 e. The third kappa shape index (κ3) is 4.80. The molecule has 1 saturated heterocycles. The van der Waals surface area contributed by atoms with Crippen LogP contribution in [0.3, 0.4) is 0 Å². The molecule has 1 aliphatic heterocycles. The topological polar surface area (TPSA) is 70.2 Å². The van der Waals surface area contributed by atoms with Crippen LogP contribution in [0.15, 0.2) is 41.8 Å². The highest BCUT2D eigenvalue weighted by atomic mass is 35.5. The monoisotopic (exact) mass is 365 g/mol. The first-order valence-electron chi connectivity index (χ1n) is 7.69. The number of rotatable bonds is 4. The zero-order valence-corrected chi connectivity index (χ0v) is 14.7. The van der Waals surface area contributed by atoms with Crippen LogP contribution in [0.1, 0.15) is 32.9 Å². The highest BCUT2D eigenvalue weighted by Crippen LogP contribution is 2.14. The van der Waals surface area contributed by atoms with Crippen molar-refractivity contribution in [2.75, 3.05) is 18.4 Å². The molecule has 3 N–H and O–H groups in total. The molecule has 2 amide bonds. The quantitative estimate of drug-likeness (QED) is 0.780. The van der Waals surface area contributed by atoms with Crippen molar-refractivity contribution in [3.05, 3.63) is 52.2 Å². The van der Waals surface area contributed by atoms with Gasteiger partial charge in [-0.1, -0.05) is 6.07 Å². The number of hydrogen-bond donors (Lipinski definition) is 3. The van der Waals surface area contributed by atoms with E-state index in [0.717, 1.165) is 25.9 Å². The molecule has 1 aliphatic rings. The lowest BCUT2D eigenvalue weighted by Gasteiger charge is -2.23. The molecule has 0 unspecified atom stereocenters. The van der Waals surface area contributed by atoms with Crippen LogP contribution < -0.4 is 16.0 Å². The van der Waals surface area contributed by atoms with E-state index in [1.165, 1.54) is 11.3 Å². The molecule has 0 radical (unpaired) electrons. The Kier molecular flexibility index (Phi) is 6.78.